The lowest BCUT2D eigenvalue weighted by atomic mass is 10.2. The molecule has 7 nitrogen and oxygen atoms in total. The van der Waals surface area contributed by atoms with Crippen LogP contribution in [0.5, 0.6) is 0 Å². The number of sulfonamides is 1. The van der Waals surface area contributed by atoms with E-state index in [1.807, 2.05) is 6.92 Å². The zero-order valence-corrected chi connectivity index (χ0v) is 13.9. The number of thiazole rings is 1. The second kappa shape index (κ2) is 6.09. The third-order valence-corrected chi connectivity index (χ3v) is 5.48. The van der Waals surface area contributed by atoms with Crippen LogP contribution in [0.15, 0.2) is 40.4 Å². The number of fused-ring (bicyclic) bond motifs is 1. The Labute approximate surface area is 137 Å². The van der Waals surface area contributed by atoms with Crippen molar-refractivity contribution in [3.05, 3.63) is 45.9 Å². The van der Waals surface area contributed by atoms with Gasteiger partial charge in [-0.25, -0.2) is 13.4 Å². The van der Waals surface area contributed by atoms with Crippen molar-refractivity contribution < 1.29 is 13.2 Å². The minimum Gasteiger partial charge on any atom is -0.350 e. The first-order valence-electron chi connectivity index (χ1n) is 6.80. The van der Waals surface area contributed by atoms with Crippen LogP contribution in [0.4, 0.5) is 0 Å². The fourth-order valence-electron chi connectivity index (χ4n) is 2.13. The highest BCUT2D eigenvalue weighted by Gasteiger charge is 2.30. The number of hydrogen-bond donors (Lipinski definition) is 2. The monoisotopic (exact) mass is 350 g/mol. The molecule has 9 heteroatoms. The number of nitrogens with zero attached hydrogens (tertiary/aromatic N) is 2. The first-order chi connectivity index (χ1) is 11.0. The van der Waals surface area contributed by atoms with Gasteiger partial charge in [-0.3, -0.25) is 14.5 Å². The predicted octanol–water partition coefficient (Wildman–Crippen LogP) is 0.806. The number of carbonyl (C=O) groups is 1. The Morgan fingerprint density at radius 1 is 1.39 bits per heavy atom. The number of amides is 1. The number of aliphatic imine (C=N–C) groups is 1. The summed E-state index contributed by atoms with van der Waals surface area (Å²) in [6, 6.07) is 6.53. The van der Waals surface area contributed by atoms with Crippen LogP contribution in [0, 0.1) is 6.92 Å². The van der Waals surface area contributed by atoms with Gasteiger partial charge < -0.3 is 5.32 Å². The summed E-state index contributed by atoms with van der Waals surface area (Å²) < 4.78 is 26.2. The van der Waals surface area contributed by atoms with Crippen molar-refractivity contribution in [2.75, 3.05) is 6.54 Å². The summed E-state index contributed by atoms with van der Waals surface area (Å²) in [5.41, 5.74) is 0.485. The van der Waals surface area contributed by atoms with E-state index in [9.17, 15) is 13.2 Å². The van der Waals surface area contributed by atoms with Crippen molar-refractivity contribution in [3.8, 4) is 0 Å². The van der Waals surface area contributed by atoms with E-state index in [0.717, 1.165) is 9.88 Å². The van der Waals surface area contributed by atoms with Crippen molar-refractivity contribution >= 4 is 33.1 Å². The van der Waals surface area contributed by atoms with E-state index >= 15 is 0 Å². The summed E-state index contributed by atoms with van der Waals surface area (Å²) in [5, 5.41) is 3.66. The molecular formula is C14H14N4O3S2. The summed E-state index contributed by atoms with van der Waals surface area (Å²) in [4.78, 5) is 21.2. The van der Waals surface area contributed by atoms with Gasteiger partial charge in [0.1, 0.15) is 12.4 Å². The molecule has 23 heavy (non-hydrogen) atoms. The van der Waals surface area contributed by atoms with E-state index < -0.39 is 10.0 Å². The number of amidine groups is 1. The maximum atomic E-state index is 11.9. The second-order valence-corrected chi connectivity index (χ2v) is 7.86. The molecule has 1 aromatic heterocycles. The Kier molecular flexibility index (Phi) is 4.14. The lowest BCUT2D eigenvalue weighted by Crippen LogP contribution is -2.27. The Bertz CT molecular complexity index is 887. The van der Waals surface area contributed by atoms with E-state index in [0.29, 0.717) is 12.1 Å². The SMILES string of the molecule is Cc1ncc(CNC(=O)CN=C2NS(=O)(=O)c3ccccc32)s1. The van der Waals surface area contributed by atoms with Gasteiger partial charge in [0, 0.05) is 16.6 Å². The molecule has 0 saturated carbocycles. The number of nitrogens with one attached hydrogen (secondary N) is 2. The molecule has 0 atom stereocenters. The van der Waals surface area contributed by atoms with Crippen molar-refractivity contribution in [1.82, 2.24) is 15.0 Å². The first kappa shape index (κ1) is 15.6. The maximum absolute atomic E-state index is 11.9. The van der Waals surface area contributed by atoms with E-state index in [-0.39, 0.29) is 23.2 Å². The smallest absolute Gasteiger partial charge is 0.263 e. The van der Waals surface area contributed by atoms with E-state index in [1.54, 1.807) is 24.4 Å². The molecular weight excluding hydrogens is 336 g/mol. The number of aryl methyl sites for hydroxylation is 1. The molecule has 0 unspecified atom stereocenters. The quantitative estimate of drug-likeness (QED) is 0.852. The number of hydrogen-bond acceptors (Lipinski definition) is 6. The van der Waals surface area contributed by atoms with E-state index in [4.69, 9.17) is 0 Å². The molecule has 2 aromatic rings. The molecule has 120 valence electrons. The molecule has 2 N–H and O–H groups in total. The fraction of sp³-hybridized carbons (Fsp3) is 0.214. The molecule has 0 bridgehead atoms. The highest BCUT2D eigenvalue weighted by Crippen LogP contribution is 2.21. The number of carbonyl (C=O) groups excluding carboxylic acids is 1. The minimum atomic E-state index is -3.57. The van der Waals surface area contributed by atoms with Crippen LogP contribution in [-0.2, 0) is 21.4 Å². The molecule has 0 aliphatic carbocycles. The predicted molar refractivity (Wildman–Crippen MR) is 86.9 cm³/mol. The molecule has 0 radical (unpaired) electrons. The molecule has 2 heterocycles. The van der Waals surface area contributed by atoms with Gasteiger partial charge in [-0.15, -0.1) is 11.3 Å². The lowest BCUT2D eigenvalue weighted by Gasteiger charge is -2.02. The van der Waals surface area contributed by atoms with E-state index in [2.05, 4.69) is 20.0 Å². The number of aromatic nitrogens is 1. The van der Waals surface area contributed by atoms with Crippen molar-refractivity contribution in [3.63, 3.8) is 0 Å². The average molecular weight is 350 g/mol. The van der Waals surface area contributed by atoms with Gasteiger partial charge in [-0.2, -0.15) is 0 Å². The van der Waals surface area contributed by atoms with Gasteiger partial charge in [0.25, 0.3) is 10.0 Å². The Morgan fingerprint density at radius 3 is 2.91 bits per heavy atom. The summed E-state index contributed by atoms with van der Waals surface area (Å²) in [7, 11) is -3.57. The van der Waals surface area contributed by atoms with Crippen molar-refractivity contribution in [1.29, 1.82) is 0 Å². The van der Waals surface area contributed by atoms with Gasteiger partial charge in [-0.1, -0.05) is 12.1 Å². The van der Waals surface area contributed by atoms with Gasteiger partial charge in [-0.05, 0) is 19.1 Å². The Morgan fingerprint density at radius 2 is 2.17 bits per heavy atom. The summed E-state index contributed by atoms with van der Waals surface area (Å²) in [5.74, 6) is -0.0866. The molecule has 3 rings (SSSR count). The molecule has 1 aliphatic rings. The summed E-state index contributed by atoms with van der Waals surface area (Å²) >= 11 is 1.51. The minimum absolute atomic E-state index is 0.149. The lowest BCUT2D eigenvalue weighted by molar-refractivity contribution is -0.119. The summed E-state index contributed by atoms with van der Waals surface area (Å²) in [6.07, 6.45) is 1.72. The highest BCUT2D eigenvalue weighted by atomic mass is 32.2. The van der Waals surface area contributed by atoms with E-state index in [1.165, 1.54) is 17.4 Å². The fourth-order valence-corrected chi connectivity index (χ4v) is 4.12. The largest absolute Gasteiger partial charge is 0.350 e. The molecule has 1 amide bonds. The van der Waals surface area contributed by atoms with Crippen LogP contribution in [-0.4, -0.2) is 31.7 Å². The Balaban J connectivity index is 1.65. The van der Waals surface area contributed by atoms with Crippen LogP contribution < -0.4 is 10.0 Å². The molecule has 1 aromatic carbocycles. The van der Waals surface area contributed by atoms with Crippen LogP contribution in [0.3, 0.4) is 0 Å². The zero-order valence-electron chi connectivity index (χ0n) is 12.2. The van der Waals surface area contributed by atoms with Crippen LogP contribution in [0.1, 0.15) is 15.4 Å². The van der Waals surface area contributed by atoms with Crippen LogP contribution >= 0.6 is 11.3 Å². The third-order valence-electron chi connectivity index (χ3n) is 3.17. The van der Waals surface area contributed by atoms with Crippen molar-refractivity contribution in [2.24, 2.45) is 4.99 Å². The van der Waals surface area contributed by atoms with Crippen LogP contribution in [0.25, 0.3) is 0 Å². The molecule has 0 fully saturated rings. The van der Waals surface area contributed by atoms with Crippen molar-refractivity contribution in [2.45, 2.75) is 18.4 Å². The molecule has 0 saturated heterocycles. The molecule has 1 aliphatic heterocycles. The maximum Gasteiger partial charge on any atom is 0.263 e. The third kappa shape index (κ3) is 3.40. The van der Waals surface area contributed by atoms with Gasteiger partial charge in [0.2, 0.25) is 5.91 Å². The Hall–Kier alpha value is -2.26. The zero-order chi connectivity index (χ0) is 16.4. The standard InChI is InChI=1S/C14H14N4O3S2/c1-9-15-6-10(22-9)7-16-13(19)8-17-14-11-4-2-3-5-12(11)23(20,21)18-14/h2-6H,7-8H2,1H3,(H,16,19)(H,17,18). The van der Waals surface area contributed by atoms with Gasteiger partial charge >= 0.3 is 0 Å². The normalized spacial score (nSPS) is 16.8. The van der Waals surface area contributed by atoms with Crippen LogP contribution in [0.2, 0.25) is 0 Å². The van der Waals surface area contributed by atoms with Gasteiger partial charge in [0.05, 0.1) is 16.4 Å². The summed E-state index contributed by atoms with van der Waals surface area (Å²) in [6.45, 7) is 2.13. The first-order valence-corrected chi connectivity index (χ1v) is 9.10. The average Bonchev–Trinajstić information content (AvgIpc) is 3.05. The van der Waals surface area contributed by atoms with Gasteiger partial charge in [0.15, 0.2) is 0 Å². The topological polar surface area (TPSA) is 101 Å². The number of rotatable bonds is 4. The number of benzene rings is 1. The second-order valence-electron chi connectivity index (χ2n) is 4.89. The highest BCUT2D eigenvalue weighted by molar-refractivity contribution is 7.90. The molecule has 0 spiro atoms.